The van der Waals surface area contributed by atoms with Gasteiger partial charge >= 0.3 is 0 Å². The van der Waals surface area contributed by atoms with Crippen LogP contribution in [0.1, 0.15) is 79.6 Å². The fourth-order valence-electron chi connectivity index (χ4n) is 4.64. The van der Waals surface area contributed by atoms with Crippen molar-refractivity contribution in [3.8, 4) is 0 Å². The van der Waals surface area contributed by atoms with Crippen molar-refractivity contribution in [3.63, 3.8) is 0 Å². The summed E-state index contributed by atoms with van der Waals surface area (Å²) in [4.78, 5) is 0. The lowest BCUT2D eigenvalue weighted by molar-refractivity contribution is -0.0368. The van der Waals surface area contributed by atoms with Crippen LogP contribution in [0, 0.1) is 17.3 Å². The van der Waals surface area contributed by atoms with Gasteiger partial charge in [0.1, 0.15) is 0 Å². The molecule has 0 unspecified atom stereocenters. The van der Waals surface area contributed by atoms with E-state index >= 15 is 0 Å². The van der Waals surface area contributed by atoms with E-state index in [1.165, 1.54) is 37.7 Å². The molecule has 0 aliphatic heterocycles. The summed E-state index contributed by atoms with van der Waals surface area (Å²) in [6.07, 6.45) is 12.8. The molecule has 21 heavy (non-hydrogen) atoms. The molecular weight excluding hydrogens is 256 g/mol. The Kier molecular flexibility index (Phi) is 5.03. The Balaban J connectivity index is 2.08. The molecular formula is C20H34O. The molecule has 0 spiro atoms. The molecule has 1 heteroatoms. The first kappa shape index (κ1) is 16.8. The van der Waals surface area contributed by atoms with Crippen molar-refractivity contribution in [2.45, 2.75) is 85.2 Å². The van der Waals surface area contributed by atoms with Crippen molar-refractivity contribution < 1.29 is 5.11 Å². The molecule has 0 aromatic heterocycles. The third-order valence-electron chi connectivity index (χ3n) is 6.18. The minimum Gasteiger partial charge on any atom is -0.390 e. The molecule has 1 fully saturated rings. The van der Waals surface area contributed by atoms with E-state index in [4.69, 9.17) is 0 Å². The summed E-state index contributed by atoms with van der Waals surface area (Å²) in [6, 6.07) is 0. The largest absolute Gasteiger partial charge is 0.390 e. The molecule has 0 bridgehead atoms. The van der Waals surface area contributed by atoms with Gasteiger partial charge in [0.2, 0.25) is 0 Å². The molecule has 0 aromatic carbocycles. The Hall–Kier alpha value is -0.560. The highest BCUT2D eigenvalue weighted by Gasteiger charge is 2.50. The number of rotatable bonds is 4. The van der Waals surface area contributed by atoms with Crippen LogP contribution in [0.15, 0.2) is 23.3 Å². The van der Waals surface area contributed by atoms with Crippen LogP contribution in [0.25, 0.3) is 0 Å². The maximum atomic E-state index is 11.1. The van der Waals surface area contributed by atoms with Crippen LogP contribution in [-0.2, 0) is 0 Å². The molecule has 0 aromatic rings. The highest BCUT2D eigenvalue weighted by Crippen LogP contribution is 2.56. The van der Waals surface area contributed by atoms with Crippen LogP contribution in [0.5, 0.6) is 0 Å². The summed E-state index contributed by atoms with van der Waals surface area (Å²) < 4.78 is 0. The Morgan fingerprint density at radius 2 is 2.14 bits per heavy atom. The Morgan fingerprint density at radius 1 is 1.43 bits per heavy atom. The second-order valence-electron chi connectivity index (χ2n) is 8.38. The molecule has 1 N–H and O–H groups in total. The topological polar surface area (TPSA) is 20.2 Å². The molecule has 0 heterocycles. The van der Waals surface area contributed by atoms with E-state index in [0.29, 0.717) is 17.3 Å². The molecule has 4 atom stereocenters. The fourth-order valence-corrected chi connectivity index (χ4v) is 4.64. The highest BCUT2D eigenvalue weighted by molar-refractivity contribution is 5.10. The predicted octanol–water partition coefficient (Wildman–Crippen LogP) is 5.65. The van der Waals surface area contributed by atoms with Gasteiger partial charge in [0.05, 0.1) is 5.60 Å². The van der Waals surface area contributed by atoms with Gasteiger partial charge in [-0.15, -0.1) is 0 Å². The molecule has 1 saturated carbocycles. The van der Waals surface area contributed by atoms with E-state index < -0.39 is 5.60 Å². The summed E-state index contributed by atoms with van der Waals surface area (Å²) >= 11 is 0. The number of hydrogen-bond acceptors (Lipinski definition) is 1. The van der Waals surface area contributed by atoms with Crippen LogP contribution >= 0.6 is 0 Å². The van der Waals surface area contributed by atoms with Gasteiger partial charge in [0.25, 0.3) is 0 Å². The molecule has 0 saturated heterocycles. The SMILES string of the molecule is CC(C)=CCC[C@@](C)(O)[C@@H]1CC[C@]2(C)CC=C(C)CC[C@@H]12. The van der Waals surface area contributed by atoms with Gasteiger partial charge in [-0.05, 0) is 89.9 Å². The fraction of sp³-hybridized carbons (Fsp3) is 0.800. The van der Waals surface area contributed by atoms with Crippen molar-refractivity contribution in [1.29, 1.82) is 0 Å². The van der Waals surface area contributed by atoms with Gasteiger partial charge in [0, 0.05) is 0 Å². The molecule has 1 nitrogen and oxygen atoms in total. The zero-order valence-electron chi connectivity index (χ0n) is 14.7. The van der Waals surface area contributed by atoms with Gasteiger partial charge in [-0.3, -0.25) is 0 Å². The molecule has 2 aliphatic rings. The van der Waals surface area contributed by atoms with Crippen LogP contribution < -0.4 is 0 Å². The van der Waals surface area contributed by atoms with Gasteiger partial charge in [-0.2, -0.15) is 0 Å². The summed E-state index contributed by atoms with van der Waals surface area (Å²) in [5.74, 6) is 1.17. The van der Waals surface area contributed by atoms with Crippen LogP contribution in [-0.4, -0.2) is 10.7 Å². The maximum absolute atomic E-state index is 11.1. The second-order valence-corrected chi connectivity index (χ2v) is 8.38. The van der Waals surface area contributed by atoms with Gasteiger partial charge in [-0.1, -0.05) is 30.2 Å². The summed E-state index contributed by atoms with van der Waals surface area (Å²) in [6.45, 7) is 11.1. The van der Waals surface area contributed by atoms with Gasteiger partial charge in [-0.25, -0.2) is 0 Å². The summed E-state index contributed by atoms with van der Waals surface area (Å²) in [7, 11) is 0. The highest BCUT2D eigenvalue weighted by atomic mass is 16.3. The van der Waals surface area contributed by atoms with Crippen molar-refractivity contribution in [2.24, 2.45) is 17.3 Å². The van der Waals surface area contributed by atoms with Crippen LogP contribution in [0.3, 0.4) is 0 Å². The Labute approximate surface area is 131 Å². The number of fused-ring (bicyclic) bond motifs is 1. The second kappa shape index (κ2) is 6.28. The van der Waals surface area contributed by atoms with E-state index in [1.54, 1.807) is 5.57 Å². The summed E-state index contributed by atoms with van der Waals surface area (Å²) in [5.41, 5.74) is 2.82. The lowest BCUT2D eigenvalue weighted by Crippen LogP contribution is -2.39. The third kappa shape index (κ3) is 3.80. The standard InChI is InChI=1S/C20H34O/c1-15(2)7-6-12-20(5,21)18-11-14-19(4)13-10-16(3)8-9-17(18)19/h7,10,17-18,21H,6,8-9,11-14H2,1-5H3/t17-,18+,19-,20+/m0/s1. The molecule has 0 amide bonds. The first-order valence-electron chi connectivity index (χ1n) is 8.76. The van der Waals surface area contributed by atoms with Gasteiger partial charge in [0.15, 0.2) is 0 Å². The third-order valence-corrected chi connectivity index (χ3v) is 6.18. The maximum Gasteiger partial charge on any atom is 0.0653 e. The van der Waals surface area contributed by atoms with E-state index in [9.17, 15) is 5.11 Å². The van der Waals surface area contributed by atoms with Crippen LogP contribution in [0.2, 0.25) is 0 Å². The van der Waals surface area contributed by atoms with E-state index in [-0.39, 0.29) is 0 Å². The average Bonchev–Trinajstić information content (AvgIpc) is 2.64. The zero-order valence-corrected chi connectivity index (χ0v) is 14.7. The monoisotopic (exact) mass is 290 g/mol. The van der Waals surface area contributed by atoms with E-state index in [1.807, 2.05) is 0 Å². The normalized spacial score (nSPS) is 35.4. The summed E-state index contributed by atoms with van der Waals surface area (Å²) in [5, 5.41) is 11.1. The lowest BCUT2D eigenvalue weighted by Gasteiger charge is -2.39. The molecule has 2 aliphatic carbocycles. The first-order valence-corrected chi connectivity index (χ1v) is 8.76. The van der Waals surface area contributed by atoms with Crippen molar-refractivity contribution in [1.82, 2.24) is 0 Å². The van der Waals surface area contributed by atoms with Crippen molar-refractivity contribution in [3.05, 3.63) is 23.3 Å². The molecule has 0 radical (unpaired) electrons. The number of hydrogen-bond donors (Lipinski definition) is 1. The van der Waals surface area contributed by atoms with Crippen molar-refractivity contribution in [2.75, 3.05) is 0 Å². The Morgan fingerprint density at radius 3 is 2.81 bits per heavy atom. The van der Waals surface area contributed by atoms with E-state index in [2.05, 4.69) is 46.8 Å². The minimum atomic E-state index is -0.507. The van der Waals surface area contributed by atoms with Gasteiger partial charge < -0.3 is 5.11 Å². The number of allylic oxidation sites excluding steroid dienone is 4. The molecule has 120 valence electrons. The smallest absolute Gasteiger partial charge is 0.0653 e. The minimum absolute atomic E-state index is 0.420. The Bertz CT molecular complexity index is 425. The molecule has 2 rings (SSSR count). The predicted molar refractivity (Wildman–Crippen MR) is 91.2 cm³/mol. The van der Waals surface area contributed by atoms with E-state index in [0.717, 1.165) is 12.8 Å². The number of aliphatic hydroxyl groups is 1. The quantitative estimate of drug-likeness (QED) is 0.664. The first-order chi connectivity index (χ1) is 9.74. The lowest BCUT2D eigenvalue weighted by atomic mass is 9.69. The average molecular weight is 290 g/mol. The zero-order chi connectivity index (χ0) is 15.7. The van der Waals surface area contributed by atoms with Crippen molar-refractivity contribution >= 4 is 0 Å². The van der Waals surface area contributed by atoms with Crippen LogP contribution in [0.4, 0.5) is 0 Å².